The Balaban J connectivity index is 1.91. The topological polar surface area (TPSA) is 75.1 Å². The van der Waals surface area contributed by atoms with Gasteiger partial charge in [0.15, 0.2) is 5.84 Å². The number of nitrogens with two attached hydrogens (primary N) is 1. The Bertz CT molecular complexity index is 703. The minimum absolute atomic E-state index is 0.186. The zero-order valence-electron chi connectivity index (χ0n) is 12.1. The average molecular weight is 313 g/mol. The van der Waals surface area contributed by atoms with Gasteiger partial charge in [-0.15, -0.1) is 0 Å². The Morgan fingerprint density at radius 1 is 1.18 bits per heavy atom. The predicted molar refractivity (Wildman–Crippen MR) is 89.7 cm³/mol. The first-order chi connectivity index (χ1) is 10.6. The lowest BCUT2D eigenvalue weighted by molar-refractivity contribution is 0.337. The molecule has 3 N–H and O–H groups in total. The van der Waals surface area contributed by atoms with Crippen molar-refractivity contribution in [2.45, 2.75) is 24.7 Å². The number of aromatic nitrogens is 1. The molecule has 1 aromatic heterocycles. The van der Waals surface area contributed by atoms with E-state index >= 15 is 0 Å². The van der Waals surface area contributed by atoms with Crippen LogP contribution in [0.25, 0.3) is 0 Å². The van der Waals surface area contributed by atoms with E-state index in [0.717, 1.165) is 30.4 Å². The van der Waals surface area contributed by atoms with Crippen LogP contribution in [-0.2, 0) is 5.41 Å². The molecule has 0 radical (unpaired) electrons. The van der Waals surface area contributed by atoms with Gasteiger partial charge in [-0.1, -0.05) is 54.4 Å². The average Bonchev–Trinajstić information content (AvgIpc) is 2.49. The van der Waals surface area contributed by atoms with Crippen molar-refractivity contribution in [2.75, 3.05) is 0 Å². The summed E-state index contributed by atoms with van der Waals surface area (Å²) < 4.78 is 0. The summed E-state index contributed by atoms with van der Waals surface area (Å²) in [5.41, 5.74) is 7.74. The monoisotopic (exact) mass is 312 g/mol. The van der Waals surface area contributed by atoms with E-state index < -0.39 is 0 Å². The van der Waals surface area contributed by atoms with Crippen LogP contribution < -0.4 is 5.73 Å². The molecule has 1 heterocycles. The maximum Gasteiger partial charge on any atom is 0.153 e. The smallest absolute Gasteiger partial charge is 0.153 e. The highest BCUT2D eigenvalue weighted by molar-refractivity contribution is 6.29. The van der Waals surface area contributed by atoms with Crippen molar-refractivity contribution in [3.8, 4) is 0 Å². The molecule has 22 heavy (non-hydrogen) atoms. The first-order valence-electron chi connectivity index (χ1n) is 7.22. The molecular formula is C17H17ClN4. The van der Waals surface area contributed by atoms with Gasteiger partial charge in [-0.3, -0.25) is 5.41 Å². The molecule has 0 bridgehead atoms. The summed E-state index contributed by atoms with van der Waals surface area (Å²) in [5.74, 6) is 0.669. The molecule has 0 saturated heterocycles. The number of aliphatic imine (C=N–C) groups is 1. The third-order valence-corrected chi connectivity index (χ3v) is 4.48. The number of amidine groups is 2. The van der Waals surface area contributed by atoms with E-state index in [-0.39, 0.29) is 11.3 Å². The Kier molecular flexibility index (Phi) is 3.94. The Morgan fingerprint density at radius 3 is 2.45 bits per heavy atom. The van der Waals surface area contributed by atoms with Crippen LogP contribution in [0.2, 0.25) is 5.15 Å². The summed E-state index contributed by atoms with van der Waals surface area (Å²) in [7, 11) is 0. The Hall–Kier alpha value is -2.20. The molecule has 0 atom stereocenters. The van der Waals surface area contributed by atoms with Crippen LogP contribution in [0.15, 0.2) is 53.7 Å². The summed E-state index contributed by atoms with van der Waals surface area (Å²) >= 11 is 5.86. The summed E-state index contributed by atoms with van der Waals surface area (Å²) in [4.78, 5) is 8.51. The van der Waals surface area contributed by atoms with Gasteiger partial charge in [0, 0.05) is 11.8 Å². The second-order valence-electron chi connectivity index (χ2n) is 5.52. The molecule has 2 aromatic rings. The summed E-state index contributed by atoms with van der Waals surface area (Å²) in [6.45, 7) is 0. The minimum Gasteiger partial charge on any atom is -0.386 e. The zero-order chi connectivity index (χ0) is 15.6. The number of pyridine rings is 1. The van der Waals surface area contributed by atoms with Gasteiger partial charge in [-0.05, 0) is 24.5 Å². The molecule has 0 aliphatic heterocycles. The van der Waals surface area contributed by atoms with Gasteiger partial charge in [0.2, 0.25) is 0 Å². The van der Waals surface area contributed by atoms with Gasteiger partial charge in [-0.2, -0.15) is 0 Å². The number of rotatable bonds is 3. The van der Waals surface area contributed by atoms with E-state index in [1.165, 1.54) is 0 Å². The van der Waals surface area contributed by atoms with Crippen molar-refractivity contribution < 1.29 is 0 Å². The number of hydrogen-bond donors (Lipinski definition) is 2. The van der Waals surface area contributed by atoms with Crippen LogP contribution in [-0.4, -0.2) is 16.7 Å². The van der Waals surface area contributed by atoms with Crippen molar-refractivity contribution in [3.05, 3.63) is 64.9 Å². The molecule has 4 nitrogen and oxygen atoms in total. The van der Waals surface area contributed by atoms with E-state index in [1.807, 2.05) is 36.4 Å². The minimum atomic E-state index is -0.307. The molecule has 0 unspecified atom stereocenters. The standard InChI is InChI=1S/C17H17ClN4/c18-14-8-7-13(11-21-14)17(9-4-10-17)16(20)22-15(19)12-5-2-1-3-6-12/h1-3,5-8,11H,4,9-10H2,(H3,19,20,22). The van der Waals surface area contributed by atoms with Crippen molar-refractivity contribution in [1.29, 1.82) is 5.41 Å². The quantitative estimate of drug-likeness (QED) is 0.517. The molecule has 5 heteroatoms. The third-order valence-electron chi connectivity index (χ3n) is 4.26. The highest BCUT2D eigenvalue weighted by Crippen LogP contribution is 2.44. The molecule has 1 aliphatic rings. The Morgan fingerprint density at radius 2 is 1.91 bits per heavy atom. The lowest BCUT2D eigenvalue weighted by Crippen LogP contribution is -2.47. The summed E-state index contributed by atoms with van der Waals surface area (Å²) in [6, 6.07) is 13.1. The normalized spacial score (nSPS) is 16.9. The highest BCUT2D eigenvalue weighted by atomic mass is 35.5. The number of nitrogens with zero attached hydrogens (tertiary/aromatic N) is 2. The largest absolute Gasteiger partial charge is 0.386 e. The van der Waals surface area contributed by atoms with Crippen LogP contribution >= 0.6 is 11.6 Å². The predicted octanol–water partition coefficient (Wildman–Crippen LogP) is 3.54. The molecule has 3 rings (SSSR count). The van der Waals surface area contributed by atoms with Crippen LogP contribution in [0.4, 0.5) is 0 Å². The van der Waals surface area contributed by atoms with Gasteiger partial charge in [0.05, 0.1) is 5.41 Å². The maximum atomic E-state index is 8.13. The lowest BCUT2D eigenvalue weighted by atomic mass is 9.64. The molecule has 1 aliphatic carbocycles. The van der Waals surface area contributed by atoms with Crippen molar-refractivity contribution in [3.63, 3.8) is 0 Å². The molecule has 0 amide bonds. The Labute approximate surface area is 134 Å². The van der Waals surface area contributed by atoms with E-state index in [4.69, 9.17) is 22.7 Å². The van der Waals surface area contributed by atoms with E-state index in [2.05, 4.69) is 9.98 Å². The number of hydrogen-bond acceptors (Lipinski definition) is 2. The molecule has 112 valence electrons. The molecule has 0 spiro atoms. The fraction of sp³-hybridized carbons (Fsp3) is 0.235. The van der Waals surface area contributed by atoms with E-state index in [0.29, 0.717) is 11.0 Å². The van der Waals surface area contributed by atoms with Gasteiger partial charge in [0.25, 0.3) is 0 Å². The molecule has 1 saturated carbocycles. The van der Waals surface area contributed by atoms with Crippen LogP contribution in [0.3, 0.4) is 0 Å². The van der Waals surface area contributed by atoms with E-state index in [9.17, 15) is 0 Å². The van der Waals surface area contributed by atoms with Crippen molar-refractivity contribution in [1.82, 2.24) is 4.98 Å². The molecule has 1 fully saturated rings. The highest BCUT2D eigenvalue weighted by Gasteiger charge is 2.43. The maximum absolute atomic E-state index is 8.13. The zero-order valence-corrected chi connectivity index (χ0v) is 12.8. The fourth-order valence-electron chi connectivity index (χ4n) is 2.77. The van der Waals surface area contributed by atoms with Crippen LogP contribution in [0.5, 0.6) is 0 Å². The van der Waals surface area contributed by atoms with Crippen molar-refractivity contribution in [2.24, 2.45) is 10.7 Å². The summed E-state index contributed by atoms with van der Waals surface area (Å²) in [5, 5.41) is 8.60. The second-order valence-corrected chi connectivity index (χ2v) is 5.90. The van der Waals surface area contributed by atoms with Gasteiger partial charge < -0.3 is 5.73 Å². The van der Waals surface area contributed by atoms with Gasteiger partial charge in [-0.25, -0.2) is 9.98 Å². The molecular weight excluding hydrogens is 296 g/mol. The first-order valence-corrected chi connectivity index (χ1v) is 7.60. The second kappa shape index (κ2) is 5.89. The summed E-state index contributed by atoms with van der Waals surface area (Å²) in [6.07, 6.45) is 4.70. The SMILES string of the molecule is N=C(N=C(N)C1(c2ccc(Cl)nc2)CCC1)c1ccccc1. The number of nitrogens with one attached hydrogen (secondary N) is 1. The number of benzene rings is 1. The molecule has 1 aromatic carbocycles. The lowest BCUT2D eigenvalue weighted by Gasteiger charge is -2.41. The van der Waals surface area contributed by atoms with Gasteiger partial charge >= 0.3 is 0 Å². The first kappa shape index (κ1) is 14.7. The van der Waals surface area contributed by atoms with Gasteiger partial charge in [0.1, 0.15) is 11.0 Å². The number of halogens is 1. The van der Waals surface area contributed by atoms with Crippen molar-refractivity contribution >= 4 is 23.3 Å². The van der Waals surface area contributed by atoms with Crippen LogP contribution in [0, 0.1) is 5.41 Å². The van der Waals surface area contributed by atoms with E-state index in [1.54, 1.807) is 12.3 Å². The van der Waals surface area contributed by atoms with Crippen LogP contribution in [0.1, 0.15) is 30.4 Å². The fourth-order valence-corrected chi connectivity index (χ4v) is 2.88. The third kappa shape index (κ3) is 2.62.